The lowest BCUT2D eigenvalue weighted by atomic mass is 10.0. The molecule has 1 amide bonds. The fourth-order valence-corrected chi connectivity index (χ4v) is 5.28. The van der Waals surface area contributed by atoms with Crippen molar-refractivity contribution in [1.82, 2.24) is 9.55 Å². The number of thioether (sulfide) groups is 1. The predicted molar refractivity (Wildman–Crippen MR) is 135 cm³/mol. The molecule has 1 aliphatic heterocycles. The zero-order valence-corrected chi connectivity index (χ0v) is 19.6. The molecule has 0 bridgehead atoms. The van der Waals surface area contributed by atoms with Crippen molar-refractivity contribution in [1.29, 1.82) is 0 Å². The minimum Gasteiger partial charge on any atom is -0.311 e. The third-order valence-corrected chi connectivity index (χ3v) is 7.22. The molecule has 6 heteroatoms. The van der Waals surface area contributed by atoms with E-state index in [1.807, 2.05) is 73.3 Å². The molecule has 0 radical (unpaired) electrons. The van der Waals surface area contributed by atoms with Gasteiger partial charge < -0.3 is 4.90 Å². The van der Waals surface area contributed by atoms with Crippen LogP contribution in [-0.2, 0) is 11.2 Å². The molecule has 5 rings (SSSR count). The van der Waals surface area contributed by atoms with Crippen LogP contribution in [0.3, 0.4) is 0 Å². The predicted octanol–water partition coefficient (Wildman–Crippen LogP) is 5.07. The van der Waals surface area contributed by atoms with Crippen LogP contribution in [0, 0.1) is 13.8 Å². The van der Waals surface area contributed by atoms with Gasteiger partial charge in [-0.25, -0.2) is 4.98 Å². The maximum absolute atomic E-state index is 13.5. The number of nitrogens with zero attached hydrogens (tertiary/aromatic N) is 3. The molecular weight excluding hydrogens is 430 g/mol. The highest BCUT2D eigenvalue weighted by atomic mass is 32.2. The van der Waals surface area contributed by atoms with E-state index in [1.54, 1.807) is 10.6 Å². The maximum Gasteiger partial charge on any atom is 0.266 e. The summed E-state index contributed by atoms with van der Waals surface area (Å²) in [6.45, 7) is 4.75. The van der Waals surface area contributed by atoms with E-state index in [9.17, 15) is 9.59 Å². The van der Waals surface area contributed by atoms with Crippen LogP contribution in [0.2, 0.25) is 0 Å². The highest BCUT2D eigenvalue weighted by Crippen LogP contribution is 2.29. The Hall–Kier alpha value is -3.38. The van der Waals surface area contributed by atoms with Crippen LogP contribution in [0.1, 0.15) is 23.1 Å². The highest BCUT2D eigenvalue weighted by molar-refractivity contribution is 7.99. The number of hydrogen-bond acceptors (Lipinski definition) is 4. The first-order valence-corrected chi connectivity index (χ1v) is 12.1. The van der Waals surface area contributed by atoms with Gasteiger partial charge in [0.25, 0.3) is 5.56 Å². The van der Waals surface area contributed by atoms with Gasteiger partial charge in [-0.05, 0) is 67.6 Å². The third kappa shape index (κ3) is 3.95. The molecule has 0 fully saturated rings. The van der Waals surface area contributed by atoms with E-state index in [0.29, 0.717) is 22.6 Å². The molecule has 0 unspecified atom stereocenters. The molecule has 33 heavy (non-hydrogen) atoms. The number of rotatable bonds is 4. The van der Waals surface area contributed by atoms with Gasteiger partial charge in [0.15, 0.2) is 5.16 Å². The first kappa shape index (κ1) is 21.5. The van der Waals surface area contributed by atoms with Crippen LogP contribution in [0.25, 0.3) is 16.6 Å². The molecule has 4 aromatic rings. The molecule has 5 nitrogen and oxygen atoms in total. The summed E-state index contributed by atoms with van der Waals surface area (Å²) in [5.41, 5.74) is 5.65. The van der Waals surface area contributed by atoms with Gasteiger partial charge in [-0.1, -0.05) is 54.2 Å². The van der Waals surface area contributed by atoms with Gasteiger partial charge >= 0.3 is 0 Å². The number of aryl methyl sites for hydroxylation is 2. The number of anilines is 1. The Morgan fingerprint density at radius 2 is 1.73 bits per heavy atom. The van der Waals surface area contributed by atoms with Crippen molar-refractivity contribution in [3.63, 3.8) is 0 Å². The number of para-hydroxylation sites is 2. The topological polar surface area (TPSA) is 55.2 Å². The van der Waals surface area contributed by atoms with Crippen molar-refractivity contribution in [2.45, 2.75) is 31.8 Å². The molecule has 0 atom stereocenters. The number of benzene rings is 3. The molecule has 1 aromatic heterocycles. The first-order chi connectivity index (χ1) is 16.0. The number of amides is 1. The van der Waals surface area contributed by atoms with Crippen molar-refractivity contribution in [2.75, 3.05) is 17.2 Å². The van der Waals surface area contributed by atoms with Crippen molar-refractivity contribution in [3.05, 3.63) is 93.8 Å². The minimum atomic E-state index is -0.118. The standard InChI is InChI=1S/C27H25N3O2S/c1-18-9-7-15-23(19(18)2)30-26(32)21-12-4-5-13-22(21)28-27(30)33-17-25(31)29-16-8-11-20-10-3-6-14-24(20)29/h3-7,9-10,12-15H,8,11,16-17H2,1-2H3. The van der Waals surface area contributed by atoms with Crippen LogP contribution in [0.5, 0.6) is 0 Å². The Kier molecular flexibility index (Phi) is 5.77. The Balaban J connectivity index is 1.54. The Morgan fingerprint density at radius 1 is 0.970 bits per heavy atom. The van der Waals surface area contributed by atoms with Gasteiger partial charge in [0, 0.05) is 12.2 Å². The van der Waals surface area contributed by atoms with Gasteiger partial charge in [0.05, 0.1) is 22.3 Å². The monoisotopic (exact) mass is 455 g/mol. The normalized spacial score (nSPS) is 13.2. The van der Waals surface area contributed by atoms with E-state index in [2.05, 4.69) is 6.07 Å². The fraction of sp³-hybridized carbons (Fsp3) is 0.222. The van der Waals surface area contributed by atoms with Gasteiger partial charge in [0.1, 0.15) is 0 Å². The van der Waals surface area contributed by atoms with Crippen LogP contribution in [-0.4, -0.2) is 27.8 Å². The second-order valence-corrected chi connectivity index (χ2v) is 9.28. The van der Waals surface area contributed by atoms with E-state index in [1.165, 1.54) is 17.3 Å². The quantitative estimate of drug-likeness (QED) is 0.318. The smallest absolute Gasteiger partial charge is 0.266 e. The third-order valence-electron chi connectivity index (χ3n) is 6.30. The summed E-state index contributed by atoms with van der Waals surface area (Å²) >= 11 is 1.32. The molecule has 0 aliphatic carbocycles. The SMILES string of the molecule is Cc1cccc(-n2c(SCC(=O)N3CCCc4ccccc43)nc3ccccc3c2=O)c1C. The second kappa shape index (κ2) is 8.87. The fourth-order valence-electron chi connectivity index (χ4n) is 4.40. The average Bonchev–Trinajstić information content (AvgIpc) is 2.84. The van der Waals surface area contributed by atoms with E-state index in [-0.39, 0.29) is 17.2 Å². The lowest BCUT2D eigenvalue weighted by Crippen LogP contribution is -2.36. The van der Waals surface area contributed by atoms with E-state index in [0.717, 1.165) is 35.3 Å². The van der Waals surface area contributed by atoms with Gasteiger partial charge in [-0.15, -0.1) is 0 Å². The average molecular weight is 456 g/mol. The summed E-state index contributed by atoms with van der Waals surface area (Å²) in [6, 6.07) is 21.4. The molecule has 0 N–H and O–H groups in total. The lowest BCUT2D eigenvalue weighted by molar-refractivity contribution is -0.116. The van der Waals surface area contributed by atoms with Crippen LogP contribution >= 0.6 is 11.8 Å². The molecule has 0 spiro atoms. The number of carbonyl (C=O) groups excluding carboxylic acids is 1. The zero-order chi connectivity index (χ0) is 22.9. The van der Waals surface area contributed by atoms with Crippen molar-refractivity contribution in [2.24, 2.45) is 0 Å². The van der Waals surface area contributed by atoms with Crippen molar-refractivity contribution < 1.29 is 4.79 Å². The van der Waals surface area contributed by atoms with Gasteiger partial charge in [-0.2, -0.15) is 0 Å². The lowest BCUT2D eigenvalue weighted by Gasteiger charge is -2.29. The van der Waals surface area contributed by atoms with Crippen LogP contribution < -0.4 is 10.5 Å². The van der Waals surface area contributed by atoms with Crippen molar-refractivity contribution in [3.8, 4) is 5.69 Å². The van der Waals surface area contributed by atoms with Gasteiger partial charge in [-0.3, -0.25) is 14.2 Å². The second-order valence-electron chi connectivity index (χ2n) is 8.34. The first-order valence-electron chi connectivity index (χ1n) is 11.1. The Labute approximate surface area is 197 Å². The summed E-state index contributed by atoms with van der Waals surface area (Å²) < 4.78 is 1.66. The summed E-state index contributed by atoms with van der Waals surface area (Å²) in [7, 11) is 0. The minimum absolute atomic E-state index is 0.0297. The number of hydrogen-bond donors (Lipinski definition) is 0. The molecule has 3 aromatic carbocycles. The molecular formula is C27H25N3O2S. The molecule has 0 saturated carbocycles. The molecule has 1 aliphatic rings. The van der Waals surface area contributed by atoms with Crippen LogP contribution in [0.4, 0.5) is 5.69 Å². The number of aromatic nitrogens is 2. The molecule has 2 heterocycles. The molecule has 0 saturated heterocycles. The zero-order valence-electron chi connectivity index (χ0n) is 18.7. The van der Waals surface area contributed by atoms with Crippen LogP contribution in [0.15, 0.2) is 76.7 Å². The Bertz CT molecular complexity index is 1430. The van der Waals surface area contributed by atoms with Gasteiger partial charge in [0.2, 0.25) is 5.91 Å². The summed E-state index contributed by atoms with van der Waals surface area (Å²) in [5, 5.41) is 1.10. The maximum atomic E-state index is 13.5. The van der Waals surface area contributed by atoms with E-state index < -0.39 is 0 Å². The summed E-state index contributed by atoms with van der Waals surface area (Å²) in [6.07, 6.45) is 1.94. The summed E-state index contributed by atoms with van der Waals surface area (Å²) in [4.78, 5) is 33.4. The Morgan fingerprint density at radius 3 is 2.61 bits per heavy atom. The number of fused-ring (bicyclic) bond motifs is 2. The van der Waals surface area contributed by atoms with Crippen molar-refractivity contribution >= 4 is 34.3 Å². The van der Waals surface area contributed by atoms with E-state index in [4.69, 9.17) is 4.98 Å². The molecule has 166 valence electrons. The van der Waals surface area contributed by atoms with E-state index >= 15 is 0 Å². The largest absolute Gasteiger partial charge is 0.311 e. The number of carbonyl (C=O) groups is 1. The highest BCUT2D eigenvalue weighted by Gasteiger charge is 2.23. The summed E-state index contributed by atoms with van der Waals surface area (Å²) in [5.74, 6) is 0.242.